The van der Waals surface area contributed by atoms with Gasteiger partial charge in [-0.3, -0.25) is 9.69 Å². The highest BCUT2D eigenvalue weighted by Crippen LogP contribution is 2.27. The van der Waals surface area contributed by atoms with E-state index in [1.807, 2.05) is 24.5 Å². The molecular weight excluding hydrogens is 401 g/mol. The van der Waals surface area contributed by atoms with Crippen LogP contribution < -0.4 is 5.32 Å². The van der Waals surface area contributed by atoms with Gasteiger partial charge in [0.25, 0.3) is 0 Å². The molecular formula is C22H22FN5OS. The van der Waals surface area contributed by atoms with Gasteiger partial charge in [-0.25, -0.2) is 14.4 Å². The molecule has 4 aromatic rings. The zero-order valence-electron chi connectivity index (χ0n) is 16.4. The number of halogens is 1. The fourth-order valence-corrected chi connectivity index (χ4v) is 4.98. The minimum atomic E-state index is -0.296. The zero-order valence-corrected chi connectivity index (χ0v) is 17.2. The van der Waals surface area contributed by atoms with Crippen molar-refractivity contribution in [2.24, 2.45) is 5.92 Å². The van der Waals surface area contributed by atoms with Gasteiger partial charge in [-0.15, -0.1) is 0 Å². The molecule has 2 aromatic heterocycles. The molecule has 0 unspecified atom stereocenters. The number of para-hydroxylation sites is 2. The van der Waals surface area contributed by atoms with E-state index < -0.39 is 0 Å². The Hall–Kier alpha value is -2.84. The van der Waals surface area contributed by atoms with Crippen molar-refractivity contribution >= 4 is 43.6 Å². The predicted octanol–water partition coefficient (Wildman–Crippen LogP) is 4.14. The minimum absolute atomic E-state index is 0.0754. The number of carbonyl (C=O) groups excluding carboxylic acids is 1. The standard InChI is InChI=1S/C22H22FN5OS/c23-16-5-6-18-20(11-16)30-22(25-18)26-21(29)13-27-9-7-15(8-10-27)12-28-14-24-17-3-1-2-4-19(17)28/h1-6,11,14-15H,7-10,12-13H2,(H,25,26,29). The number of fused-ring (bicyclic) bond motifs is 2. The van der Waals surface area contributed by atoms with Crippen LogP contribution in [0.2, 0.25) is 0 Å². The Labute approximate surface area is 177 Å². The van der Waals surface area contributed by atoms with Crippen molar-refractivity contribution < 1.29 is 9.18 Å². The third-order valence-corrected chi connectivity index (χ3v) is 6.59. The maximum Gasteiger partial charge on any atom is 0.240 e. The third kappa shape index (κ3) is 4.06. The normalized spacial score (nSPS) is 15.8. The van der Waals surface area contributed by atoms with Gasteiger partial charge in [-0.1, -0.05) is 23.5 Å². The Morgan fingerprint density at radius 1 is 1.17 bits per heavy atom. The first-order valence-electron chi connectivity index (χ1n) is 10.1. The second-order valence-corrected chi connectivity index (χ2v) is 8.82. The average Bonchev–Trinajstić information content (AvgIpc) is 3.32. The Morgan fingerprint density at radius 2 is 2.00 bits per heavy atom. The molecule has 0 aliphatic carbocycles. The number of amides is 1. The van der Waals surface area contributed by atoms with Gasteiger partial charge in [0, 0.05) is 6.54 Å². The number of hydrogen-bond acceptors (Lipinski definition) is 5. The van der Waals surface area contributed by atoms with E-state index in [1.165, 1.54) is 29.0 Å². The first-order valence-corrected chi connectivity index (χ1v) is 10.9. The Morgan fingerprint density at radius 3 is 2.87 bits per heavy atom. The van der Waals surface area contributed by atoms with E-state index in [0.717, 1.165) is 42.7 Å². The summed E-state index contributed by atoms with van der Waals surface area (Å²) in [6, 6.07) is 12.7. The quantitative estimate of drug-likeness (QED) is 0.524. The van der Waals surface area contributed by atoms with Gasteiger partial charge in [-0.05, 0) is 62.2 Å². The smallest absolute Gasteiger partial charge is 0.240 e. The lowest BCUT2D eigenvalue weighted by Crippen LogP contribution is -2.39. The number of hydrogen-bond donors (Lipinski definition) is 1. The Kier molecular flexibility index (Phi) is 5.18. The largest absolute Gasteiger partial charge is 0.330 e. The number of nitrogens with zero attached hydrogens (tertiary/aromatic N) is 4. The van der Waals surface area contributed by atoms with Gasteiger partial charge in [0.1, 0.15) is 5.82 Å². The highest BCUT2D eigenvalue weighted by molar-refractivity contribution is 7.22. The Balaban J connectivity index is 1.13. The second-order valence-electron chi connectivity index (χ2n) is 7.78. The van der Waals surface area contributed by atoms with Gasteiger partial charge in [-0.2, -0.15) is 0 Å². The molecule has 0 saturated carbocycles. The van der Waals surface area contributed by atoms with Gasteiger partial charge >= 0.3 is 0 Å². The number of imidazole rings is 1. The molecule has 1 aliphatic heterocycles. The molecule has 0 atom stereocenters. The lowest BCUT2D eigenvalue weighted by molar-refractivity contribution is -0.117. The summed E-state index contributed by atoms with van der Waals surface area (Å²) in [6.07, 6.45) is 4.04. The number of piperidine rings is 1. The van der Waals surface area contributed by atoms with Crippen molar-refractivity contribution in [3.05, 3.63) is 54.6 Å². The van der Waals surface area contributed by atoms with E-state index in [2.05, 4.69) is 30.8 Å². The molecule has 0 spiro atoms. The van der Waals surface area contributed by atoms with Crippen LogP contribution in [-0.2, 0) is 11.3 Å². The number of nitrogens with one attached hydrogen (secondary N) is 1. The van der Waals surface area contributed by atoms with Crippen LogP contribution in [0.15, 0.2) is 48.8 Å². The average molecular weight is 424 g/mol. The molecule has 5 rings (SSSR count). The fraction of sp³-hybridized carbons (Fsp3) is 0.318. The van der Waals surface area contributed by atoms with Crippen LogP contribution in [0.4, 0.5) is 9.52 Å². The highest BCUT2D eigenvalue weighted by Gasteiger charge is 2.22. The maximum absolute atomic E-state index is 13.3. The summed E-state index contributed by atoms with van der Waals surface area (Å²) in [7, 11) is 0. The molecule has 1 N–H and O–H groups in total. The predicted molar refractivity (Wildman–Crippen MR) is 117 cm³/mol. The second kappa shape index (κ2) is 8.12. The number of benzene rings is 2. The molecule has 1 aliphatic rings. The van der Waals surface area contributed by atoms with Crippen LogP contribution in [0.5, 0.6) is 0 Å². The molecule has 1 fully saturated rings. The molecule has 0 radical (unpaired) electrons. The van der Waals surface area contributed by atoms with E-state index in [9.17, 15) is 9.18 Å². The van der Waals surface area contributed by atoms with E-state index >= 15 is 0 Å². The summed E-state index contributed by atoms with van der Waals surface area (Å²) in [5.41, 5.74) is 2.91. The lowest BCUT2D eigenvalue weighted by atomic mass is 9.96. The molecule has 3 heterocycles. The number of thiazole rings is 1. The van der Waals surface area contributed by atoms with Gasteiger partial charge in [0.15, 0.2) is 5.13 Å². The van der Waals surface area contributed by atoms with E-state index in [1.54, 1.807) is 6.07 Å². The van der Waals surface area contributed by atoms with Gasteiger partial charge in [0.2, 0.25) is 5.91 Å². The van der Waals surface area contributed by atoms with Crippen LogP contribution in [0.3, 0.4) is 0 Å². The topological polar surface area (TPSA) is 63.1 Å². The summed E-state index contributed by atoms with van der Waals surface area (Å²) in [4.78, 5) is 23.5. The molecule has 0 bridgehead atoms. The van der Waals surface area contributed by atoms with Crippen LogP contribution in [0, 0.1) is 11.7 Å². The summed E-state index contributed by atoms with van der Waals surface area (Å²) >= 11 is 1.29. The minimum Gasteiger partial charge on any atom is -0.330 e. The molecule has 30 heavy (non-hydrogen) atoms. The van der Waals surface area contributed by atoms with Gasteiger partial charge < -0.3 is 9.88 Å². The van der Waals surface area contributed by atoms with Crippen molar-refractivity contribution in [1.82, 2.24) is 19.4 Å². The molecule has 1 saturated heterocycles. The zero-order chi connectivity index (χ0) is 20.5. The third-order valence-electron chi connectivity index (χ3n) is 5.65. The molecule has 2 aromatic carbocycles. The van der Waals surface area contributed by atoms with Crippen molar-refractivity contribution in [3.63, 3.8) is 0 Å². The summed E-state index contributed by atoms with van der Waals surface area (Å²) in [5, 5.41) is 3.37. The van der Waals surface area contributed by atoms with Crippen LogP contribution in [0.25, 0.3) is 21.3 Å². The van der Waals surface area contributed by atoms with Crippen LogP contribution in [-0.4, -0.2) is 45.0 Å². The Bertz CT molecular complexity index is 1190. The first-order chi connectivity index (χ1) is 14.6. The first kappa shape index (κ1) is 19.1. The summed E-state index contributed by atoms with van der Waals surface area (Å²) < 4.78 is 16.3. The van der Waals surface area contributed by atoms with E-state index in [-0.39, 0.29) is 11.7 Å². The van der Waals surface area contributed by atoms with Crippen LogP contribution in [0.1, 0.15) is 12.8 Å². The monoisotopic (exact) mass is 423 g/mol. The number of aromatic nitrogens is 3. The molecule has 6 nitrogen and oxygen atoms in total. The van der Waals surface area contributed by atoms with Gasteiger partial charge in [0.05, 0.1) is 34.1 Å². The van der Waals surface area contributed by atoms with Crippen LogP contribution >= 0.6 is 11.3 Å². The summed E-state index contributed by atoms with van der Waals surface area (Å²) in [6.45, 7) is 3.11. The van der Waals surface area contributed by atoms with Crippen molar-refractivity contribution in [3.8, 4) is 0 Å². The molecule has 1 amide bonds. The van der Waals surface area contributed by atoms with E-state index in [0.29, 0.717) is 23.1 Å². The van der Waals surface area contributed by atoms with Crippen molar-refractivity contribution in [2.45, 2.75) is 19.4 Å². The number of rotatable bonds is 5. The van der Waals surface area contributed by atoms with Crippen molar-refractivity contribution in [1.29, 1.82) is 0 Å². The number of carbonyl (C=O) groups is 1. The molecule has 8 heteroatoms. The number of anilines is 1. The van der Waals surface area contributed by atoms with E-state index in [4.69, 9.17) is 0 Å². The summed E-state index contributed by atoms with van der Waals surface area (Å²) in [5.74, 6) is 0.213. The molecule has 154 valence electrons. The number of likely N-dealkylation sites (tertiary alicyclic amines) is 1. The maximum atomic E-state index is 13.3. The highest BCUT2D eigenvalue weighted by atomic mass is 32.1. The SMILES string of the molecule is O=C(CN1CCC(Cn2cnc3ccccc32)CC1)Nc1nc2ccc(F)cc2s1. The fourth-order valence-electron chi connectivity index (χ4n) is 4.07. The van der Waals surface area contributed by atoms with Crippen molar-refractivity contribution in [2.75, 3.05) is 25.0 Å². The lowest BCUT2D eigenvalue weighted by Gasteiger charge is -2.31.